The van der Waals surface area contributed by atoms with Crippen molar-refractivity contribution in [2.24, 2.45) is 0 Å². The van der Waals surface area contributed by atoms with Gasteiger partial charge in [-0.05, 0) is 70.3 Å². The quantitative estimate of drug-likeness (QED) is 0.207. The monoisotopic (exact) mass is 575 g/mol. The number of anilines is 3. The summed E-state index contributed by atoms with van der Waals surface area (Å²) in [5.41, 5.74) is 12.7. The van der Waals surface area contributed by atoms with Gasteiger partial charge in [0.15, 0.2) is 0 Å². The second-order valence-corrected chi connectivity index (χ2v) is 11.7. The largest absolute Gasteiger partial charge is 0.457 e. The van der Waals surface area contributed by atoms with E-state index < -0.39 is 5.41 Å². The molecule has 0 atom stereocenters. The van der Waals surface area contributed by atoms with E-state index in [9.17, 15) is 0 Å². The molecule has 1 spiro atoms. The maximum absolute atomic E-state index is 6.52. The zero-order valence-corrected chi connectivity index (χ0v) is 24.6. The number of nitrogens with zero attached hydrogens (tertiary/aromatic N) is 1. The highest BCUT2D eigenvalue weighted by Crippen LogP contribution is 2.62. The Morgan fingerprint density at radius 1 is 0.378 bits per heavy atom. The molecule has 7 aromatic rings. The van der Waals surface area contributed by atoms with E-state index in [1.807, 2.05) is 0 Å². The molecule has 2 nitrogen and oxygen atoms in total. The first kappa shape index (κ1) is 25.6. The summed E-state index contributed by atoms with van der Waals surface area (Å²) >= 11 is 0. The fraction of sp³-hybridized carbons (Fsp3) is 0.0233. The van der Waals surface area contributed by atoms with Crippen molar-refractivity contribution in [2.45, 2.75) is 5.41 Å². The van der Waals surface area contributed by atoms with Crippen LogP contribution in [0, 0.1) is 0 Å². The van der Waals surface area contributed by atoms with Crippen LogP contribution < -0.4 is 9.64 Å². The predicted molar refractivity (Wildman–Crippen MR) is 184 cm³/mol. The highest BCUT2D eigenvalue weighted by Gasteiger charge is 2.51. The first-order chi connectivity index (χ1) is 22.3. The van der Waals surface area contributed by atoms with Crippen LogP contribution in [0.4, 0.5) is 17.1 Å². The van der Waals surface area contributed by atoms with E-state index >= 15 is 0 Å². The molecule has 1 aliphatic heterocycles. The van der Waals surface area contributed by atoms with Gasteiger partial charge in [0.2, 0.25) is 0 Å². The third-order valence-corrected chi connectivity index (χ3v) is 9.33. The summed E-state index contributed by atoms with van der Waals surface area (Å²) in [7, 11) is 0. The molecular weight excluding hydrogens is 546 g/mol. The second-order valence-electron chi connectivity index (χ2n) is 11.7. The van der Waals surface area contributed by atoms with Gasteiger partial charge in [-0.1, -0.05) is 133 Å². The van der Waals surface area contributed by atoms with Crippen LogP contribution in [0.25, 0.3) is 22.3 Å². The van der Waals surface area contributed by atoms with Crippen molar-refractivity contribution in [1.29, 1.82) is 0 Å². The molecule has 0 radical (unpaired) electrons. The Kier molecular flexibility index (Phi) is 5.76. The number of ether oxygens (including phenoxy) is 1. The Labute approximate surface area is 263 Å². The van der Waals surface area contributed by atoms with E-state index in [0.717, 1.165) is 28.6 Å². The lowest BCUT2D eigenvalue weighted by molar-refractivity contribution is 0.436. The van der Waals surface area contributed by atoms with Gasteiger partial charge in [-0.2, -0.15) is 0 Å². The Hall–Kier alpha value is -5.86. The molecule has 45 heavy (non-hydrogen) atoms. The van der Waals surface area contributed by atoms with Crippen molar-refractivity contribution in [2.75, 3.05) is 4.90 Å². The first-order valence-corrected chi connectivity index (χ1v) is 15.4. The van der Waals surface area contributed by atoms with E-state index in [4.69, 9.17) is 4.74 Å². The second kappa shape index (κ2) is 10.1. The maximum atomic E-state index is 6.52. The standard InChI is InChI=1S/C43H29NO/c1-3-15-30(16-4-1)33-19-8-12-24-40(33)44(31-17-5-2-6-18-31)32-27-28-37-35(29-32)34-20-7-9-21-36(34)43(37)38-22-10-13-25-41(38)45-42-26-14-11-23-39(42)43/h1-29H. The zero-order chi connectivity index (χ0) is 29.8. The Morgan fingerprint density at radius 3 is 1.62 bits per heavy atom. The van der Waals surface area contributed by atoms with Gasteiger partial charge >= 0.3 is 0 Å². The molecule has 0 amide bonds. The van der Waals surface area contributed by atoms with Crippen molar-refractivity contribution in [3.8, 4) is 33.8 Å². The van der Waals surface area contributed by atoms with Gasteiger partial charge in [0, 0.05) is 28.1 Å². The fourth-order valence-corrected chi connectivity index (χ4v) is 7.52. The summed E-state index contributed by atoms with van der Waals surface area (Å²) in [5.74, 6) is 1.82. The van der Waals surface area contributed by atoms with Crippen molar-refractivity contribution in [3.05, 3.63) is 198 Å². The summed E-state index contributed by atoms with van der Waals surface area (Å²) in [6.07, 6.45) is 0. The third kappa shape index (κ3) is 3.76. The van der Waals surface area contributed by atoms with E-state index in [-0.39, 0.29) is 0 Å². The number of fused-ring (bicyclic) bond motifs is 9. The Balaban J connectivity index is 1.32. The molecule has 0 aromatic heterocycles. The molecule has 7 aromatic carbocycles. The van der Waals surface area contributed by atoms with Crippen LogP contribution in [0.3, 0.4) is 0 Å². The van der Waals surface area contributed by atoms with Crippen LogP contribution >= 0.6 is 0 Å². The lowest BCUT2D eigenvalue weighted by atomic mass is 9.66. The van der Waals surface area contributed by atoms with Gasteiger partial charge in [0.05, 0.1) is 11.1 Å². The molecule has 0 saturated carbocycles. The molecule has 212 valence electrons. The van der Waals surface area contributed by atoms with Crippen LogP contribution in [0.1, 0.15) is 22.3 Å². The van der Waals surface area contributed by atoms with Crippen LogP contribution in [0.2, 0.25) is 0 Å². The molecule has 2 aliphatic rings. The van der Waals surface area contributed by atoms with Crippen LogP contribution in [0.5, 0.6) is 11.5 Å². The SMILES string of the molecule is c1ccc(-c2ccccc2N(c2ccccc2)c2ccc3c(c2)-c2ccccc2C32c3ccccc3Oc3ccccc32)cc1. The van der Waals surface area contributed by atoms with Crippen LogP contribution in [-0.2, 0) is 5.41 Å². The minimum atomic E-state index is -0.477. The van der Waals surface area contributed by atoms with Gasteiger partial charge in [-0.25, -0.2) is 0 Å². The highest BCUT2D eigenvalue weighted by molar-refractivity contribution is 5.93. The molecule has 1 heterocycles. The van der Waals surface area contributed by atoms with Gasteiger partial charge in [-0.15, -0.1) is 0 Å². The molecular formula is C43H29NO. The summed E-state index contributed by atoms with van der Waals surface area (Å²) in [4.78, 5) is 2.39. The first-order valence-electron chi connectivity index (χ1n) is 15.4. The van der Waals surface area contributed by atoms with E-state index in [0.29, 0.717) is 0 Å². The van der Waals surface area contributed by atoms with Crippen molar-refractivity contribution in [1.82, 2.24) is 0 Å². The summed E-state index contributed by atoms with van der Waals surface area (Å²) < 4.78 is 6.52. The van der Waals surface area contributed by atoms with Crippen molar-refractivity contribution >= 4 is 17.1 Å². The van der Waals surface area contributed by atoms with Crippen LogP contribution in [-0.4, -0.2) is 0 Å². The molecule has 9 rings (SSSR count). The molecule has 0 bridgehead atoms. The number of benzene rings is 7. The molecule has 2 heteroatoms. The van der Waals surface area contributed by atoms with Gasteiger partial charge in [0.1, 0.15) is 11.5 Å². The van der Waals surface area contributed by atoms with Gasteiger partial charge < -0.3 is 9.64 Å². The number of rotatable bonds is 4. The number of para-hydroxylation sites is 4. The number of hydrogen-bond acceptors (Lipinski definition) is 2. The lowest BCUT2D eigenvalue weighted by Crippen LogP contribution is -2.32. The maximum Gasteiger partial charge on any atom is 0.132 e. The highest BCUT2D eigenvalue weighted by atomic mass is 16.5. The minimum Gasteiger partial charge on any atom is -0.457 e. The fourth-order valence-electron chi connectivity index (χ4n) is 7.52. The smallest absolute Gasteiger partial charge is 0.132 e. The van der Waals surface area contributed by atoms with Gasteiger partial charge in [-0.3, -0.25) is 0 Å². The Morgan fingerprint density at radius 2 is 0.911 bits per heavy atom. The molecule has 0 fully saturated rings. The average Bonchev–Trinajstić information content (AvgIpc) is 3.40. The summed E-state index contributed by atoms with van der Waals surface area (Å²) in [6.45, 7) is 0. The zero-order valence-electron chi connectivity index (χ0n) is 24.6. The molecule has 0 unspecified atom stereocenters. The van der Waals surface area contributed by atoms with E-state index in [2.05, 4.69) is 181 Å². The number of hydrogen-bond donors (Lipinski definition) is 0. The average molecular weight is 576 g/mol. The van der Waals surface area contributed by atoms with E-state index in [1.165, 1.54) is 44.5 Å². The summed E-state index contributed by atoms with van der Waals surface area (Å²) in [5, 5.41) is 0. The predicted octanol–water partition coefficient (Wildman–Crippen LogP) is 11.3. The summed E-state index contributed by atoms with van der Waals surface area (Å²) in [6, 6.07) is 63.0. The topological polar surface area (TPSA) is 12.5 Å². The minimum absolute atomic E-state index is 0.477. The molecule has 0 N–H and O–H groups in total. The Bertz CT molecular complexity index is 2160. The van der Waals surface area contributed by atoms with Gasteiger partial charge in [0.25, 0.3) is 0 Å². The molecule has 1 aliphatic carbocycles. The van der Waals surface area contributed by atoms with Crippen molar-refractivity contribution < 1.29 is 4.74 Å². The third-order valence-electron chi connectivity index (χ3n) is 9.33. The van der Waals surface area contributed by atoms with Crippen LogP contribution in [0.15, 0.2) is 176 Å². The lowest BCUT2D eigenvalue weighted by Gasteiger charge is -2.39. The van der Waals surface area contributed by atoms with E-state index in [1.54, 1.807) is 0 Å². The molecule has 0 saturated heterocycles. The normalized spacial score (nSPS) is 13.2. The van der Waals surface area contributed by atoms with Crippen molar-refractivity contribution in [3.63, 3.8) is 0 Å².